The van der Waals surface area contributed by atoms with Gasteiger partial charge < -0.3 is 20.1 Å². The second kappa shape index (κ2) is 8.67. The number of hydrogen-bond donors (Lipinski definition) is 2. The molecule has 0 bridgehead atoms. The average molecular weight is 375 g/mol. The summed E-state index contributed by atoms with van der Waals surface area (Å²) in [7, 11) is 1.45. The van der Waals surface area contributed by atoms with Crippen LogP contribution in [0, 0.1) is 0 Å². The summed E-state index contributed by atoms with van der Waals surface area (Å²) in [6.07, 6.45) is -0.173. The molecule has 2 N–H and O–H groups in total. The first-order valence-corrected chi connectivity index (χ1v) is 8.34. The summed E-state index contributed by atoms with van der Waals surface area (Å²) >= 11 is 11.8. The van der Waals surface area contributed by atoms with Crippen molar-refractivity contribution in [2.24, 2.45) is 0 Å². The standard InChI is InChI=1S/C16H20Cl2N2O4/c1-24-9-16(23)20-5-4-13(14(21)8-20)19-15(22)7-10-2-3-11(17)12(18)6-10/h2-3,6,13-14,21H,4-5,7-9H2,1H3,(H,19,22)/t13-,14-/m1/s1. The maximum Gasteiger partial charge on any atom is 0.248 e. The van der Waals surface area contributed by atoms with Gasteiger partial charge in [0.05, 0.1) is 28.6 Å². The highest BCUT2D eigenvalue weighted by Crippen LogP contribution is 2.22. The second-order valence-electron chi connectivity index (χ2n) is 5.73. The monoisotopic (exact) mass is 374 g/mol. The minimum atomic E-state index is -0.808. The summed E-state index contributed by atoms with van der Waals surface area (Å²) in [4.78, 5) is 25.4. The van der Waals surface area contributed by atoms with Gasteiger partial charge in [0.15, 0.2) is 0 Å². The Morgan fingerprint density at radius 1 is 1.38 bits per heavy atom. The molecule has 0 aromatic heterocycles. The van der Waals surface area contributed by atoms with Crippen LogP contribution < -0.4 is 5.32 Å². The highest BCUT2D eigenvalue weighted by atomic mass is 35.5. The number of ether oxygens (including phenoxy) is 1. The van der Waals surface area contributed by atoms with E-state index in [1.54, 1.807) is 18.2 Å². The molecule has 2 amide bonds. The number of nitrogens with zero attached hydrogens (tertiary/aromatic N) is 1. The smallest absolute Gasteiger partial charge is 0.248 e. The number of piperidine rings is 1. The van der Waals surface area contributed by atoms with Gasteiger partial charge in [-0.15, -0.1) is 0 Å². The van der Waals surface area contributed by atoms with Crippen LogP contribution in [0.3, 0.4) is 0 Å². The summed E-state index contributed by atoms with van der Waals surface area (Å²) in [5.74, 6) is -0.383. The number of β-amino-alcohol motifs (C(OH)–C–C–N with tert-alkyl or cyclic N) is 1. The molecule has 0 aliphatic carbocycles. The Hall–Kier alpha value is -1.34. The number of amides is 2. The first-order valence-electron chi connectivity index (χ1n) is 7.58. The number of rotatable bonds is 5. The van der Waals surface area contributed by atoms with Gasteiger partial charge in [0, 0.05) is 20.2 Å². The molecule has 8 heteroatoms. The molecule has 1 aromatic rings. The van der Waals surface area contributed by atoms with Gasteiger partial charge in [-0.25, -0.2) is 0 Å². The number of methoxy groups -OCH3 is 1. The van der Waals surface area contributed by atoms with Gasteiger partial charge in [-0.05, 0) is 24.1 Å². The fraction of sp³-hybridized carbons (Fsp3) is 0.500. The fourth-order valence-electron chi connectivity index (χ4n) is 2.63. The lowest BCUT2D eigenvalue weighted by Crippen LogP contribution is -2.56. The lowest BCUT2D eigenvalue weighted by molar-refractivity contribution is -0.139. The van der Waals surface area contributed by atoms with E-state index in [2.05, 4.69) is 5.32 Å². The molecule has 0 saturated carbocycles. The zero-order valence-corrected chi connectivity index (χ0v) is 14.8. The largest absolute Gasteiger partial charge is 0.389 e. The minimum Gasteiger partial charge on any atom is -0.389 e. The van der Waals surface area contributed by atoms with Crippen molar-refractivity contribution in [1.82, 2.24) is 10.2 Å². The Kier molecular flexibility index (Phi) is 6.86. The van der Waals surface area contributed by atoms with Crippen LogP contribution in [-0.4, -0.2) is 60.8 Å². The molecule has 6 nitrogen and oxygen atoms in total. The lowest BCUT2D eigenvalue weighted by atomic mass is 10.0. The molecule has 1 fully saturated rings. The highest BCUT2D eigenvalue weighted by molar-refractivity contribution is 6.42. The van der Waals surface area contributed by atoms with Crippen LogP contribution in [0.1, 0.15) is 12.0 Å². The third-order valence-corrected chi connectivity index (χ3v) is 4.64. The number of hydrogen-bond acceptors (Lipinski definition) is 4. The maximum absolute atomic E-state index is 12.1. The van der Waals surface area contributed by atoms with Crippen LogP contribution in [0.4, 0.5) is 0 Å². The molecular formula is C16H20Cl2N2O4. The summed E-state index contributed by atoms with van der Waals surface area (Å²) in [6, 6.07) is 4.63. The van der Waals surface area contributed by atoms with E-state index >= 15 is 0 Å². The zero-order chi connectivity index (χ0) is 17.7. The van der Waals surface area contributed by atoms with Gasteiger partial charge in [0.25, 0.3) is 0 Å². The molecule has 0 radical (unpaired) electrons. The maximum atomic E-state index is 12.1. The number of aliphatic hydroxyl groups excluding tert-OH is 1. The fourth-order valence-corrected chi connectivity index (χ4v) is 2.95. The summed E-state index contributed by atoms with van der Waals surface area (Å²) < 4.78 is 4.81. The highest BCUT2D eigenvalue weighted by Gasteiger charge is 2.30. The predicted molar refractivity (Wildman–Crippen MR) is 91.2 cm³/mol. The SMILES string of the molecule is COCC(=O)N1CC[C@@H](NC(=O)Cc2ccc(Cl)c(Cl)c2)[C@H](O)C1. The molecule has 2 rings (SSSR count). The molecule has 1 heterocycles. The quantitative estimate of drug-likeness (QED) is 0.812. The normalized spacial score (nSPS) is 20.8. The van der Waals surface area contributed by atoms with E-state index in [4.69, 9.17) is 27.9 Å². The number of halogens is 2. The van der Waals surface area contributed by atoms with Crippen LogP contribution in [0.15, 0.2) is 18.2 Å². The third-order valence-electron chi connectivity index (χ3n) is 3.90. The van der Waals surface area contributed by atoms with Crippen LogP contribution in [0.25, 0.3) is 0 Å². The van der Waals surface area contributed by atoms with Crippen molar-refractivity contribution in [1.29, 1.82) is 0 Å². The Morgan fingerprint density at radius 3 is 2.75 bits per heavy atom. The molecule has 1 aliphatic heterocycles. The van der Waals surface area contributed by atoms with E-state index in [-0.39, 0.29) is 37.4 Å². The third kappa shape index (κ3) is 5.08. The van der Waals surface area contributed by atoms with E-state index in [0.29, 0.717) is 23.0 Å². The number of carbonyl (C=O) groups excluding carboxylic acids is 2. The summed E-state index contributed by atoms with van der Waals surface area (Å²) in [5.41, 5.74) is 0.740. The molecule has 0 spiro atoms. The van der Waals surface area contributed by atoms with Crippen molar-refractivity contribution in [3.8, 4) is 0 Å². The molecular weight excluding hydrogens is 355 g/mol. The Balaban J connectivity index is 1.86. The van der Waals surface area contributed by atoms with Crippen molar-refractivity contribution in [2.45, 2.75) is 25.0 Å². The summed E-state index contributed by atoms with van der Waals surface area (Å²) in [6.45, 7) is 0.637. The Labute approximate surface area is 150 Å². The molecule has 0 unspecified atom stereocenters. The lowest BCUT2D eigenvalue weighted by Gasteiger charge is -2.36. The number of nitrogens with one attached hydrogen (secondary N) is 1. The van der Waals surface area contributed by atoms with Crippen LogP contribution >= 0.6 is 23.2 Å². The van der Waals surface area contributed by atoms with Crippen molar-refractivity contribution >= 4 is 35.0 Å². The second-order valence-corrected chi connectivity index (χ2v) is 6.54. The van der Waals surface area contributed by atoms with Crippen molar-refractivity contribution in [2.75, 3.05) is 26.8 Å². The van der Waals surface area contributed by atoms with E-state index in [1.165, 1.54) is 12.0 Å². The first kappa shape index (κ1) is 19.0. The molecule has 24 heavy (non-hydrogen) atoms. The number of benzene rings is 1. The van der Waals surface area contributed by atoms with Gasteiger partial charge in [-0.3, -0.25) is 9.59 Å². The van der Waals surface area contributed by atoms with Gasteiger partial charge in [0.2, 0.25) is 11.8 Å². The number of carbonyl (C=O) groups is 2. The molecule has 1 saturated heterocycles. The van der Waals surface area contributed by atoms with Crippen molar-refractivity contribution in [3.63, 3.8) is 0 Å². The topological polar surface area (TPSA) is 78.9 Å². The molecule has 2 atom stereocenters. The van der Waals surface area contributed by atoms with Crippen molar-refractivity contribution < 1.29 is 19.4 Å². The van der Waals surface area contributed by atoms with Gasteiger partial charge in [-0.1, -0.05) is 29.3 Å². The number of likely N-dealkylation sites (tertiary alicyclic amines) is 1. The van der Waals surface area contributed by atoms with E-state index in [1.807, 2.05) is 0 Å². The van der Waals surface area contributed by atoms with Crippen LogP contribution in [0.2, 0.25) is 10.0 Å². The van der Waals surface area contributed by atoms with E-state index < -0.39 is 6.10 Å². The predicted octanol–water partition coefficient (Wildman–Crippen LogP) is 1.26. The minimum absolute atomic E-state index is 0.0128. The molecule has 1 aliphatic rings. The van der Waals surface area contributed by atoms with Gasteiger partial charge in [-0.2, -0.15) is 0 Å². The number of aliphatic hydroxyl groups is 1. The van der Waals surface area contributed by atoms with Crippen LogP contribution in [-0.2, 0) is 20.7 Å². The van der Waals surface area contributed by atoms with Crippen LogP contribution in [0.5, 0.6) is 0 Å². The molecule has 1 aromatic carbocycles. The van der Waals surface area contributed by atoms with Gasteiger partial charge in [0.1, 0.15) is 6.61 Å². The van der Waals surface area contributed by atoms with Gasteiger partial charge >= 0.3 is 0 Å². The molecule has 132 valence electrons. The van der Waals surface area contributed by atoms with Crippen molar-refractivity contribution in [3.05, 3.63) is 33.8 Å². The zero-order valence-electron chi connectivity index (χ0n) is 13.3. The first-order chi connectivity index (χ1) is 11.4. The van der Waals surface area contributed by atoms with E-state index in [0.717, 1.165) is 5.56 Å². The summed E-state index contributed by atoms with van der Waals surface area (Å²) in [5, 5.41) is 13.8. The van der Waals surface area contributed by atoms with E-state index in [9.17, 15) is 14.7 Å². The Morgan fingerprint density at radius 2 is 2.12 bits per heavy atom. The Bertz CT molecular complexity index is 612. The average Bonchev–Trinajstić information content (AvgIpc) is 2.53.